The highest BCUT2D eigenvalue weighted by molar-refractivity contribution is 5.37. The first kappa shape index (κ1) is 18.4. The first-order valence-corrected chi connectivity index (χ1v) is 9.93. The summed E-state index contributed by atoms with van der Waals surface area (Å²) in [4.78, 5) is 0. The van der Waals surface area contributed by atoms with Crippen molar-refractivity contribution in [2.24, 2.45) is 5.92 Å². The number of rotatable bonds is 6. The summed E-state index contributed by atoms with van der Waals surface area (Å²) in [5.74, 6) is 1.47. The molecular weight excluding hydrogens is 314 g/mol. The summed E-state index contributed by atoms with van der Waals surface area (Å²) in [5.41, 5.74) is -0.327. The average molecular weight is 344 g/mol. The van der Waals surface area contributed by atoms with E-state index in [-0.39, 0.29) is 0 Å². The molecule has 1 aromatic rings. The van der Waals surface area contributed by atoms with E-state index >= 15 is 0 Å². The molecule has 136 valence electrons. The highest BCUT2D eigenvalue weighted by Gasteiger charge is 2.38. The number of hydrogen-bond acceptors (Lipinski definition) is 0. The van der Waals surface area contributed by atoms with E-state index in [9.17, 15) is 8.78 Å². The molecule has 0 heterocycles. The molecule has 0 amide bonds. The van der Waals surface area contributed by atoms with Crippen LogP contribution in [0.15, 0.2) is 48.6 Å². The maximum absolute atomic E-state index is 15.0. The second-order valence-electron chi connectivity index (χ2n) is 7.75. The van der Waals surface area contributed by atoms with Crippen molar-refractivity contribution in [3.05, 3.63) is 59.7 Å². The van der Waals surface area contributed by atoms with E-state index in [0.717, 1.165) is 5.92 Å². The van der Waals surface area contributed by atoms with Gasteiger partial charge in [-0.05, 0) is 60.8 Å². The van der Waals surface area contributed by atoms with Crippen LogP contribution in [0.3, 0.4) is 0 Å². The molecule has 2 aliphatic carbocycles. The Hall–Kier alpha value is -1.44. The lowest BCUT2D eigenvalue weighted by molar-refractivity contribution is 0.124. The molecule has 0 nitrogen and oxygen atoms in total. The highest BCUT2D eigenvalue weighted by Crippen LogP contribution is 2.40. The Morgan fingerprint density at radius 2 is 1.72 bits per heavy atom. The Bertz CT molecular complexity index is 593. The minimum absolute atomic E-state index is 0.414. The van der Waals surface area contributed by atoms with Crippen molar-refractivity contribution >= 4 is 0 Å². The van der Waals surface area contributed by atoms with Crippen molar-refractivity contribution in [2.45, 2.75) is 76.0 Å². The van der Waals surface area contributed by atoms with Crippen molar-refractivity contribution in [3.63, 3.8) is 0 Å². The van der Waals surface area contributed by atoms with Crippen molar-refractivity contribution < 1.29 is 8.78 Å². The van der Waals surface area contributed by atoms with E-state index in [1.807, 2.05) is 12.1 Å². The summed E-state index contributed by atoms with van der Waals surface area (Å²) in [6.07, 6.45) is 14.6. The average Bonchev–Trinajstić information content (AvgIpc) is 2.65. The quantitative estimate of drug-likeness (QED) is 0.480. The monoisotopic (exact) mass is 344 g/mol. The molecule has 2 unspecified atom stereocenters. The topological polar surface area (TPSA) is 0 Å². The highest BCUT2D eigenvalue weighted by atomic mass is 19.2. The Balaban J connectivity index is 1.58. The van der Waals surface area contributed by atoms with Crippen molar-refractivity contribution in [1.82, 2.24) is 0 Å². The van der Waals surface area contributed by atoms with Gasteiger partial charge in [0.1, 0.15) is 0 Å². The maximum Gasteiger partial charge on any atom is 0.189 e. The molecule has 1 fully saturated rings. The number of hydrogen-bond donors (Lipinski definition) is 0. The largest absolute Gasteiger partial charge is 0.239 e. The summed E-state index contributed by atoms with van der Waals surface area (Å²) in [6.45, 7) is 2.26. The van der Waals surface area contributed by atoms with Crippen LogP contribution >= 0.6 is 0 Å². The predicted molar refractivity (Wildman–Crippen MR) is 101 cm³/mol. The van der Waals surface area contributed by atoms with Crippen molar-refractivity contribution in [3.8, 4) is 0 Å². The molecule has 0 N–H and O–H groups in total. The molecule has 2 atom stereocenters. The minimum atomic E-state index is -2.02. The van der Waals surface area contributed by atoms with Gasteiger partial charge in [-0.3, -0.25) is 0 Å². The lowest BCUT2D eigenvalue weighted by atomic mass is 9.76. The lowest BCUT2D eigenvalue weighted by Crippen LogP contribution is -2.30. The van der Waals surface area contributed by atoms with Gasteiger partial charge in [-0.25, -0.2) is 8.78 Å². The molecule has 0 spiro atoms. The Morgan fingerprint density at radius 1 is 1.00 bits per heavy atom. The first-order chi connectivity index (χ1) is 12.1. The van der Waals surface area contributed by atoms with Gasteiger partial charge >= 0.3 is 0 Å². The Morgan fingerprint density at radius 3 is 2.36 bits per heavy atom. The van der Waals surface area contributed by atoms with Crippen LogP contribution in [0.2, 0.25) is 0 Å². The predicted octanol–water partition coefficient (Wildman–Crippen LogP) is 7.17. The van der Waals surface area contributed by atoms with E-state index < -0.39 is 11.8 Å². The van der Waals surface area contributed by atoms with Gasteiger partial charge in [-0.15, -0.1) is 0 Å². The third-order valence-corrected chi connectivity index (χ3v) is 6.02. The van der Waals surface area contributed by atoms with E-state index in [1.165, 1.54) is 69.1 Å². The van der Waals surface area contributed by atoms with Crippen LogP contribution in [0.4, 0.5) is 8.78 Å². The van der Waals surface area contributed by atoms with E-state index in [1.54, 1.807) is 24.3 Å². The van der Waals surface area contributed by atoms with Crippen LogP contribution in [0.1, 0.15) is 75.3 Å². The van der Waals surface area contributed by atoms with Crippen LogP contribution in [0.25, 0.3) is 0 Å². The molecule has 0 radical (unpaired) electrons. The van der Waals surface area contributed by atoms with Crippen LogP contribution in [0.5, 0.6) is 0 Å². The van der Waals surface area contributed by atoms with Crippen LogP contribution in [0, 0.1) is 5.92 Å². The molecule has 3 rings (SSSR count). The smallest absolute Gasteiger partial charge is 0.189 e. The minimum Gasteiger partial charge on any atom is -0.239 e. The van der Waals surface area contributed by atoms with Gasteiger partial charge in [0, 0.05) is 0 Å². The summed E-state index contributed by atoms with van der Waals surface area (Å²) in [5, 5.41) is 0. The number of halogens is 2. The standard InChI is InChI=1S/C23H30F2/c1-2-3-4-7-18-9-11-19(12-10-18)20-13-15-21(16-14-20)23(25)17-6-5-8-22(23)24/h5-6,8,13-19,22H,2-4,7,9-12H2,1H3/t18-,19-,22?,23?. The third-order valence-electron chi connectivity index (χ3n) is 6.02. The normalized spacial score (nSPS) is 32.0. The number of unbranched alkanes of at least 4 members (excludes halogenated alkanes) is 2. The maximum atomic E-state index is 15.0. The fourth-order valence-corrected chi connectivity index (χ4v) is 4.32. The summed E-state index contributed by atoms with van der Waals surface area (Å²) < 4.78 is 29.0. The number of allylic oxidation sites excluding steroid dienone is 4. The fourth-order valence-electron chi connectivity index (χ4n) is 4.32. The molecule has 1 aromatic carbocycles. The molecule has 0 aromatic heterocycles. The first-order valence-electron chi connectivity index (χ1n) is 9.93. The zero-order valence-corrected chi connectivity index (χ0v) is 15.3. The van der Waals surface area contributed by atoms with Crippen molar-refractivity contribution in [1.29, 1.82) is 0 Å². The Kier molecular flexibility index (Phi) is 6.09. The second-order valence-corrected chi connectivity index (χ2v) is 7.75. The third kappa shape index (κ3) is 4.22. The van der Waals surface area contributed by atoms with Gasteiger partial charge in [0.05, 0.1) is 0 Å². The van der Waals surface area contributed by atoms with E-state index in [2.05, 4.69) is 6.92 Å². The molecule has 0 aliphatic heterocycles. The Labute approximate surface area is 151 Å². The van der Waals surface area contributed by atoms with E-state index in [4.69, 9.17) is 0 Å². The number of alkyl halides is 2. The van der Waals surface area contributed by atoms with Gasteiger partial charge < -0.3 is 0 Å². The zero-order valence-electron chi connectivity index (χ0n) is 15.3. The van der Waals surface area contributed by atoms with Gasteiger partial charge in [-0.2, -0.15) is 0 Å². The molecule has 0 bridgehead atoms. The van der Waals surface area contributed by atoms with Gasteiger partial charge in [0.15, 0.2) is 11.8 Å². The lowest BCUT2D eigenvalue weighted by Gasteiger charge is -2.30. The van der Waals surface area contributed by atoms with Crippen LogP contribution in [-0.4, -0.2) is 6.17 Å². The van der Waals surface area contributed by atoms with Gasteiger partial charge in [0.25, 0.3) is 0 Å². The van der Waals surface area contributed by atoms with Gasteiger partial charge in [0.2, 0.25) is 0 Å². The molecule has 1 saturated carbocycles. The zero-order chi connectivity index (χ0) is 17.7. The summed E-state index contributed by atoms with van der Waals surface area (Å²) in [6, 6.07) is 7.58. The van der Waals surface area contributed by atoms with E-state index in [0.29, 0.717) is 11.5 Å². The fraction of sp³-hybridized carbons (Fsp3) is 0.565. The number of benzene rings is 1. The second kappa shape index (κ2) is 8.29. The van der Waals surface area contributed by atoms with Gasteiger partial charge in [-0.1, -0.05) is 69.0 Å². The molecule has 2 aliphatic rings. The molecule has 2 heteroatoms. The molecular formula is C23H30F2. The van der Waals surface area contributed by atoms with Crippen molar-refractivity contribution in [2.75, 3.05) is 0 Å². The molecule has 0 saturated heterocycles. The van der Waals surface area contributed by atoms with Crippen LogP contribution in [-0.2, 0) is 5.67 Å². The summed E-state index contributed by atoms with van der Waals surface area (Å²) in [7, 11) is 0. The molecule has 25 heavy (non-hydrogen) atoms. The van der Waals surface area contributed by atoms with Crippen LogP contribution < -0.4 is 0 Å². The SMILES string of the molecule is CCCCC[C@H]1CC[C@H](c2ccc(C3(F)C=CC=CC3F)cc2)CC1. The summed E-state index contributed by atoms with van der Waals surface area (Å²) >= 11 is 0.